The summed E-state index contributed by atoms with van der Waals surface area (Å²) in [5, 5.41) is 9.49. The quantitative estimate of drug-likeness (QED) is 0.884. The van der Waals surface area contributed by atoms with Crippen LogP contribution in [-0.4, -0.2) is 19.5 Å². The van der Waals surface area contributed by atoms with Gasteiger partial charge in [0.25, 0.3) is 0 Å². The Morgan fingerprint density at radius 1 is 1.10 bits per heavy atom. The van der Waals surface area contributed by atoms with E-state index in [2.05, 4.69) is 4.72 Å². The number of aliphatic carboxylic acids is 1. The molecule has 0 aliphatic rings. The molecular formula is C14H12ClNO4S. The number of hydrogen-bond acceptors (Lipinski definition) is 3. The van der Waals surface area contributed by atoms with Crippen LogP contribution in [0.4, 0.5) is 0 Å². The molecule has 110 valence electrons. The van der Waals surface area contributed by atoms with Gasteiger partial charge in [-0.1, -0.05) is 48.0 Å². The van der Waals surface area contributed by atoms with Gasteiger partial charge >= 0.3 is 5.97 Å². The van der Waals surface area contributed by atoms with E-state index in [0.717, 1.165) is 0 Å². The molecule has 0 aromatic heterocycles. The number of carboxylic acid groups (broad SMARTS) is 1. The summed E-state index contributed by atoms with van der Waals surface area (Å²) in [5.74, 6) is -1.29. The number of benzene rings is 2. The summed E-state index contributed by atoms with van der Waals surface area (Å²) < 4.78 is 26.6. The Labute approximate surface area is 127 Å². The van der Waals surface area contributed by atoms with Gasteiger partial charge in [0.1, 0.15) is 6.04 Å². The van der Waals surface area contributed by atoms with E-state index in [9.17, 15) is 18.3 Å². The Hall–Kier alpha value is -1.89. The first kappa shape index (κ1) is 15.5. The fraction of sp³-hybridized carbons (Fsp3) is 0.0714. The van der Waals surface area contributed by atoms with Crippen LogP contribution >= 0.6 is 11.6 Å². The van der Waals surface area contributed by atoms with Gasteiger partial charge in [-0.25, -0.2) is 8.42 Å². The highest BCUT2D eigenvalue weighted by Gasteiger charge is 2.26. The Morgan fingerprint density at radius 3 is 2.33 bits per heavy atom. The van der Waals surface area contributed by atoms with Crippen LogP contribution in [0.15, 0.2) is 59.5 Å². The summed E-state index contributed by atoms with van der Waals surface area (Å²) in [4.78, 5) is 11.2. The fourth-order valence-electron chi connectivity index (χ4n) is 1.76. The van der Waals surface area contributed by atoms with Gasteiger partial charge in [0.2, 0.25) is 10.0 Å². The largest absolute Gasteiger partial charge is 0.480 e. The molecule has 0 spiro atoms. The van der Waals surface area contributed by atoms with E-state index in [1.165, 1.54) is 24.3 Å². The van der Waals surface area contributed by atoms with Crippen molar-refractivity contribution in [3.05, 3.63) is 65.2 Å². The topological polar surface area (TPSA) is 83.5 Å². The van der Waals surface area contributed by atoms with Gasteiger partial charge in [-0.2, -0.15) is 4.72 Å². The van der Waals surface area contributed by atoms with Crippen molar-refractivity contribution in [2.45, 2.75) is 10.9 Å². The molecule has 0 bridgehead atoms. The SMILES string of the molecule is O=C(O)[C@H](NS(=O)(=O)c1cccc(Cl)c1)c1ccccc1. The van der Waals surface area contributed by atoms with Crippen molar-refractivity contribution in [2.24, 2.45) is 0 Å². The van der Waals surface area contributed by atoms with Crippen molar-refractivity contribution in [1.29, 1.82) is 0 Å². The maximum atomic E-state index is 12.2. The van der Waals surface area contributed by atoms with Gasteiger partial charge in [-0.05, 0) is 23.8 Å². The molecule has 2 aromatic rings. The number of carboxylic acids is 1. The predicted molar refractivity (Wildman–Crippen MR) is 78.6 cm³/mol. The van der Waals surface area contributed by atoms with Crippen LogP contribution in [0.1, 0.15) is 11.6 Å². The zero-order chi connectivity index (χ0) is 15.5. The molecule has 2 N–H and O–H groups in total. The third-order valence-electron chi connectivity index (χ3n) is 2.76. The van der Waals surface area contributed by atoms with Gasteiger partial charge in [0.05, 0.1) is 4.90 Å². The average Bonchev–Trinajstić information content (AvgIpc) is 2.45. The van der Waals surface area contributed by atoms with Crippen LogP contribution in [0.2, 0.25) is 5.02 Å². The maximum Gasteiger partial charge on any atom is 0.326 e. The molecule has 7 heteroatoms. The van der Waals surface area contributed by atoms with Crippen molar-refractivity contribution in [1.82, 2.24) is 4.72 Å². The second-order valence-corrected chi connectivity index (χ2v) is 6.41. The van der Waals surface area contributed by atoms with Crippen molar-refractivity contribution < 1.29 is 18.3 Å². The molecule has 2 aromatic carbocycles. The minimum absolute atomic E-state index is 0.0859. The number of hydrogen-bond donors (Lipinski definition) is 2. The van der Waals surface area contributed by atoms with Crippen LogP contribution in [0.25, 0.3) is 0 Å². The third kappa shape index (κ3) is 3.81. The molecule has 5 nitrogen and oxygen atoms in total. The zero-order valence-electron chi connectivity index (χ0n) is 10.7. The number of carbonyl (C=O) groups is 1. The number of halogens is 1. The van der Waals surface area contributed by atoms with Gasteiger partial charge < -0.3 is 5.11 Å². The molecule has 0 fully saturated rings. The molecule has 0 saturated carbocycles. The van der Waals surface area contributed by atoms with Crippen molar-refractivity contribution in [2.75, 3.05) is 0 Å². The van der Waals surface area contributed by atoms with Gasteiger partial charge in [-0.3, -0.25) is 4.79 Å². The molecule has 0 radical (unpaired) electrons. The van der Waals surface area contributed by atoms with Crippen LogP contribution in [0, 0.1) is 0 Å². The standard InChI is InChI=1S/C14H12ClNO4S/c15-11-7-4-8-12(9-11)21(19,20)16-13(14(17)18)10-5-2-1-3-6-10/h1-9,13,16H,(H,17,18)/t13-/m1/s1. The Morgan fingerprint density at radius 2 is 1.76 bits per heavy atom. The van der Waals surface area contributed by atoms with Gasteiger partial charge in [0.15, 0.2) is 0 Å². The Kier molecular flexibility index (Phi) is 4.62. The molecule has 0 aliphatic carbocycles. The molecule has 0 amide bonds. The lowest BCUT2D eigenvalue weighted by atomic mass is 10.1. The van der Waals surface area contributed by atoms with E-state index in [1.807, 2.05) is 0 Å². The normalized spacial score (nSPS) is 12.8. The van der Waals surface area contributed by atoms with Gasteiger partial charge in [0, 0.05) is 5.02 Å². The summed E-state index contributed by atoms with van der Waals surface area (Å²) in [7, 11) is -3.99. The van der Waals surface area contributed by atoms with Crippen LogP contribution in [0.3, 0.4) is 0 Å². The maximum absolute atomic E-state index is 12.2. The second kappa shape index (κ2) is 6.26. The highest BCUT2D eigenvalue weighted by Crippen LogP contribution is 2.19. The summed E-state index contributed by atoms with van der Waals surface area (Å²) in [6.45, 7) is 0. The van der Waals surface area contributed by atoms with Crippen molar-refractivity contribution in [3.63, 3.8) is 0 Å². The lowest BCUT2D eigenvalue weighted by Gasteiger charge is -2.15. The number of sulfonamides is 1. The smallest absolute Gasteiger partial charge is 0.326 e. The van der Waals surface area contributed by atoms with E-state index in [0.29, 0.717) is 5.56 Å². The molecular weight excluding hydrogens is 314 g/mol. The lowest BCUT2D eigenvalue weighted by Crippen LogP contribution is -2.33. The summed E-state index contributed by atoms with van der Waals surface area (Å²) in [5.41, 5.74) is 0.343. The second-order valence-electron chi connectivity index (χ2n) is 4.26. The van der Waals surface area contributed by atoms with Crippen molar-refractivity contribution >= 4 is 27.6 Å². The van der Waals surface area contributed by atoms with E-state index in [1.54, 1.807) is 30.3 Å². The van der Waals surface area contributed by atoms with Crippen molar-refractivity contribution in [3.8, 4) is 0 Å². The number of nitrogens with one attached hydrogen (secondary N) is 1. The minimum atomic E-state index is -3.99. The Balaban J connectivity index is 2.35. The van der Waals surface area contributed by atoms with Crippen LogP contribution < -0.4 is 4.72 Å². The fourth-order valence-corrected chi connectivity index (χ4v) is 3.24. The molecule has 0 unspecified atom stereocenters. The monoisotopic (exact) mass is 325 g/mol. The highest BCUT2D eigenvalue weighted by molar-refractivity contribution is 7.89. The molecule has 0 heterocycles. The first-order chi connectivity index (χ1) is 9.90. The molecule has 21 heavy (non-hydrogen) atoms. The molecule has 2 rings (SSSR count). The van der Waals surface area contributed by atoms with E-state index >= 15 is 0 Å². The highest BCUT2D eigenvalue weighted by atomic mass is 35.5. The third-order valence-corrected chi connectivity index (χ3v) is 4.41. The predicted octanol–water partition coefficient (Wildman–Crippen LogP) is 2.44. The van der Waals surface area contributed by atoms with E-state index in [-0.39, 0.29) is 9.92 Å². The molecule has 0 aliphatic heterocycles. The zero-order valence-corrected chi connectivity index (χ0v) is 12.3. The van der Waals surface area contributed by atoms with Crippen LogP contribution in [-0.2, 0) is 14.8 Å². The molecule has 0 saturated heterocycles. The van der Waals surface area contributed by atoms with Crippen LogP contribution in [0.5, 0.6) is 0 Å². The van der Waals surface area contributed by atoms with E-state index in [4.69, 9.17) is 11.6 Å². The molecule has 1 atom stereocenters. The average molecular weight is 326 g/mol. The lowest BCUT2D eigenvalue weighted by molar-refractivity contribution is -0.139. The number of rotatable bonds is 5. The minimum Gasteiger partial charge on any atom is -0.480 e. The summed E-state index contributed by atoms with van der Waals surface area (Å²) in [6, 6.07) is 12.3. The Bertz CT molecular complexity index is 747. The first-order valence-electron chi connectivity index (χ1n) is 5.96. The first-order valence-corrected chi connectivity index (χ1v) is 7.82. The van der Waals surface area contributed by atoms with Gasteiger partial charge in [-0.15, -0.1) is 0 Å². The summed E-state index contributed by atoms with van der Waals surface area (Å²) >= 11 is 5.76. The summed E-state index contributed by atoms with van der Waals surface area (Å²) in [6.07, 6.45) is 0. The van der Waals surface area contributed by atoms with E-state index < -0.39 is 22.0 Å².